The third kappa shape index (κ3) is 3.07. The molecule has 1 aromatic carbocycles. The molecule has 98 valence electrons. The van der Waals surface area contributed by atoms with Gasteiger partial charge in [-0.15, -0.1) is 0 Å². The molecule has 0 amide bonds. The molecule has 4 nitrogen and oxygen atoms in total. The summed E-state index contributed by atoms with van der Waals surface area (Å²) < 4.78 is 0. The van der Waals surface area contributed by atoms with E-state index in [1.54, 1.807) is 12.1 Å². The van der Waals surface area contributed by atoms with Crippen molar-refractivity contribution < 1.29 is 4.92 Å². The Morgan fingerprint density at radius 2 is 2.06 bits per heavy atom. The van der Waals surface area contributed by atoms with Gasteiger partial charge in [0.1, 0.15) is 0 Å². The SMILES string of the molecule is CC(NCC1CCCC1)c1ccccc1[N+](=O)[O-]. The molecule has 1 unspecified atom stereocenters. The van der Waals surface area contributed by atoms with Crippen molar-refractivity contribution in [3.63, 3.8) is 0 Å². The fourth-order valence-corrected chi connectivity index (χ4v) is 2.69. The lowest BCUT2D eigenvalue weighted by Crippen LogP contribution is -2.25. The van der Waals surface area contributed by atoms with Crippen molar-refractivity contribution in [2.24, 2.45) is 5.92 Å². The Kier molecular flexibility index (Phi) is 4.31. The van der Waals surface area contributed by atoms with E-state index in [4.69, 9.17) is 0 Å². The van der Waals surface area contributed by atoms with Crippen molar-refractivity contribution in [1.29, 1.82) is 0 Å². The molecule has 2 rings (SSSR count). The zero-order chi connectivity index (χ0) is 13.0. The maximum Gasteiger partial charge on any atom is 0.274 e. The molecule has 1 N–H and O–H groups in total. The highest BCUT2D eigenvalue weighted by Crippen LogP contribution is 2.27. The van der Waals surface area contributed by atoms with E-state index >= 15 is 0 Å². The van der Waals surface area contributed by atoms with E-state index in [0.717, 1.165) is 18.0 Å². The van der Waals surface area contributed by atoms with Gasteiger partial charge in [0.15, 0.2) is 0 Å². The zero-order valence-electron chi connectivity index (χ0n) is 10.8. The van der Waals surface area contributed by atoms with E-state index in [-0.39, 0.29) is 16.7 Å². The lowest BCUT2D eigenvalue weighted by atomic mass is 10.0. The Bertz CT molecular complexity index is 414. The smallest absolute Gasteiger partial charge is 0.274 e. The molecule has 0 spiro atoms. The van der Waals surface area contributed by atoms with Gasteiger partial charge in [0.2, 0.25) is 0 Å². The second-order valence-corrected chi connectivity index (χ2v) is 5.10. The highest BCUT2D eigenvalue weighted by molar-refractivity contribution is 5.41. The summed E-state index contributed by atoms with van der Waals surface area (Å²) in [7, 11) is 0. The molecule has 1 fully saturated rings. The summed E-state index contributed by atoms with van der Waals surface area (Å²) in [5, 5.41) is 14.4. The van der Waals surface area contributed by atoms with E-state index in [9.17, 15) is 10.1 Å². The van der Waals surface area contributed by atoms with Crippen molar-refractivity contribution >= 4 is 5.69 Å². The first-order valence-corrected chi connectivity index (χ1v) is 6.65. The van der Waals surface area contributed by atoms with Crippen molar-refractivity contribution in [2.75, 3.05) is 6.54 Å². The monoisotopic (exact) mass is 248 g/mol. The summed E-state index contributed by atoms with van der Waals surface area (Å²) in [5.41, 5.74) is 0.990. The van der Waals surface area contributed by atoms with Crippen LogP contribution < -0.4 is 5.32 Å². The van der Waals surface area contributed by atoms with E-state index in [1.165, 1.54) is 25.7 Å². The van der Waals surface area contributed by atoms with Gasteiger partial charge in [0, 0.05) is 17.7 Å². The fourth-order valence-electron chi connectivity index (χ4n) is 2.69. The van der Waals surface area contributed by atoms with E-state index in [1.807, 2.05) is 19.1 Å². The summed E-state index contributed by atoms with van der Waals surface area (Å²) in [6.07, 6.45) is 5.23. The number of nitro benzene ring substituents is 1. The van der Waals surface area contributed by atoms with Crippen LogP contribution in [0.2, 0.25) is 0 Å². The molecular formula is C14H20N2O2. The minimum absolute atomic E-state index is 0.0344. The van der Waals surface area contributed by atoms with Gasteiger partial charge in [-0.25, -0.2) is 0 Å². The molecule has 0 aromatic heterocycles. The fraction of sp³-hybridized carbons (Fsp3) is 0.571. The van der Waals surface area contributed by atoms with Crippen molar-refractivity contribution in [1.82, 2.24) is 5.32 Å². The molecule has 0 radical (unpaired) electrons. The topological polar surface area (TPSA) is 55.2 Å². The molecular weight excluding hydrogens is 228 g/mol. The molecule has 0 aliphatic heterocycles. The number of hydrogen-bond donors (Lipinski definition) is 1. The van der Waals surface area contributed by atoms with Crippen molar-refractivity contribution in [3.8, 4) is 0 Å². The second-order valence-electron chi connectivity index (χ2n) is 5.10. The van der Waals surface area contributed by atoms with Crippen LogP contribution >= 0.6 is 0 Å². The van der Waals surface area contributed by atoms with E-state index in [0.29, 0.717) is 0 Å². The lowest BCUT2D eigenvalue weighted by molar-refractivity contribution is -0.385. The van der Waals surface area contributed by atoms with Crippen LogP contribution in [0.4, 0.5) is 5.69 Å². The standard InChI is InChI=1S/C14H20N2O2/c1-11(15-10-12-6-2-3-7-12)13-8-4-5-9-14(13)16(17)18/h4-5,8-9,11-12,15H,2-3,6-7,10H2,1H3. The van der Waals surface area contributed by atoms with Crippen LogP contribution in [0.1, 0.15) is 44.2 Å². The average Bonchev–Trinajstić information content (AvgIpc) is 2.89. The predicted octanol–water partition coefficient (Wildman–Crippen LogP) is 3.44. The first-order chi connectivity index (χ1) is 8.68. The summed E-state index contributed by atoms with van der Waals surface area (Å²) >= 11 is 0. The third-order valence-electron chi connectivity index (χ3n) is 3.79. The molecule has 0 heterocycles. The van der Waals surface area contributed by atoms with Crippen LogP contribution in [-0.4, -0.2) is 11.5 Å². The molecule has 1 aromatic rings. The van der Waals surface area contributed by atoms with Gasteiger partial charge in [0.25, 0.3) is 5.69 Å². The van der Waals surface area contributed by atoms with Crippen LogP contribution in [0, 0.1) is 16.0 Å². The minimum atomic E-state index is -0.302. The molecule has 4 heteroatoms. The van der Waals surface area contributed by atoms with Gasteiger partial charge >= 0.3 is 0 Å². The van der Waals surface area contributed by atoms with Crippen LogP contribution in [0.5, 0.6) is 0 Å². The van der Waals surface area contributed by atoms with Gasteiger partial charge in [0.05, 0.1) is 4.92 Å². The third-order valence-corrected chi connectivity index (χ3v) is 3.79. The molecule has 1 aliphatic carbocycles. The lowest BCUT2D eigenvalue weighted by Gasteiger charge is -2.17. The summed E-state index contributed by atoms with van der Waals surface area (Å²) in [5.74, 6) is 0.746. The Balaban J connectivity index is 1.99. The van der Waals surface area contributed by atoms with Crippen molar-refractivity contribution in [3.05, 3.63) is 39.9 Å². The number of hydrogen-bond acceptors (Lipinski definition) is 3. The Hall–Kier alpha value is -1.42. The van der Waals surface area contributed by atoms with Crippen LogP contribution in [0.15, 0.2) is 24.3 Å². The normalized spacial score (nSPS) is 17.8. The summed E-state index contributed by atoms with van der Waals surface area (Å²) in [6, 6.07) is 7.02. The Morgan fingerprint density at radius 1 is 1.39 bits per heavy atom. The van der Waals surface area contributed by atoms with Gasteiger partial charge in [-0.1, -0.05) is 31.0 Å². The van der Waals surface area contributed by atoms with Crippen molar-refractivity contribution in [2.45, 2.75) is 38.6 Å². The number of nitrogens with zero attached hydrogens (tertiary/aromatic N) is 1. The van der Waals surface area contributed by atoms with Gasteiger partial charge < -0.3 is 5.32 Å². The molecule has 1 saturated carbocycles. The van der Waals surface area contributed by atoms with Crippen LogP contribution in [0.25, 0.3) is 0 Å². The minimum Gasteiger partial charge on any atom is -0.310 e. The van der Waals surface area contributed by atoms with E-state index in [2.05, 4.69) is 5.32 Å². The Labute approximate surface area is 108 Å². The van der Waals surface area contributed by atoms with Gasteiger partial charge in [-0.3, -0.25) is 10.1 Å². The molecule has 0 bridgehead atoms. The molecule has 0 saturated heterocycles. The van der Waals surface area contributed by atoms with Gasteiger partial charge in [-0.2, -0.15) is 0 Å². The van der Waals surface area contributed by atoms with Crippen LogP contribution in [0.3, 0.4) is 0 Å². The highest BCUT2D eigenvalue weighted by atomic mass is 16.6. The maximum atomic E-state index is 11.0. The quantitative estimate of drug-likeness (QED) is 0.641. The van der Waals surface area contributed by atoms with Gasteiger partial charge in [-0.05, 0) is 32.2 Å². The Morgan fingerprint density at radius 3 is 2.72 bits per heavy atom. The number of rotatable bonds is 5. The number of nitrogens with one attached hydrogen (secondary N) is 1. The number of benzene rings is 1. The number of para-hydroxylation sites is 1. The summed E-state index contributed by atoms with van der Waals surface area (Å²) in [4.78, 5) is 10.7. The first kappa shape index (κ1) is 13.0. The first-order valence-electron chi connectivity index (χ1n) is 6.65. The summed E-state index contributed by atoms with van der Waals surface area (Å²) in [6.45, 7) is 2.96. The average molecular weight is 248 g/mol. The molecule has 1 atom stereocenters. The molecule has 18 heavy (non-hydrogen) atoms. The van der Waals surface area contributed by atoms with E-state index < -0.39 is 0 Å². The second kappa shape index (κ2) is 5.96. The number of nitro groups is 1. The maximum absolute atomic E-state index is 11.0. The zero-order valence-corrected chi connectivity index (χ0v) is 10.8. The molecule has 1 aliphatic rings. The largest absolute Gasteiger partial charge is 0.310 e. The predicted molar refractivity (Wildman–Crippen MR) is 71.5 cm³/mol. The van der Waals surface area contributed by atoms with Crippen LogP contribution in [-0.2, 0) is 0 Å². The highest BCUT2D eigenvalue weighted by Gasteiger charge is 2.20.